The quantitative estimate of drug-likeness (QED) is 0.591. The number of carbonyl (C=O) groups is 2. The zero-order chi connectivity index (χ0) is 21.2. The van der Waals surface area contributed by atoms with Gasteiger partial charge in [0.1, 0.15) is 11.5 Å². The lowest BCUT2D eigenvalue weighted by Gasteiger charge is -2.42. The molecule has 3 fully saturated rings. The topological polar surface area (TPSA) is 97.7 Å². The summed E-state index contributed by atoms with van der Waals surface area (Å²) in [5.74, 6) is -1.05. The van der Waals surface area contributed by atoms with E-state index in [1.807, 2.05) is 24.3 Å². The van der Waals surface area contributed by atoms with Gasteiger partial charge in [0.2, 0.25) is 0 Å². The molecule has 1 aliphatic carbocycles. The lowest BCUT2D eigenvalue weighted by molar-refractivity contribution is -0.152. The van der Waals surface area contributed by atoms with Crippen molar-refractivity contribution >= 4 is 23.3 Å². The van der Waals surface area contributed by atoms with Crippen molar-refractivity contribution in [2.45, 2.75) is 37.0 Å². The summed E-state index contributed by atoms with van der Waals surface area (Å²) >= 11 is 0. The summed E-state index contributed by atoms with van der Waals surface area (Å²) < 4.78 is 10.9. The van der Waals surface area contributed by atoms with Crippen LogP contribution in [0.2, 0.25) is 0 Å². The average molecular weight is 412 g/mol. The second-order valence-corrected chi connectivity index (χ2v) is 8.34. The molecule has 6 atom stereocenters. The fourth-order valence-corrected chi connectivity index (χ4v) is 5.77. The molecule has 4 bridgehead atoms. The number of para-hydroxylation sites is 1. The third-order valence-corrected chi connectivity index (χ3v) is 7.03. The van der Waals surface area contributed by atoms with Crippen LogP contribution in [0, 0.1) is 11.8 Å². The highest BCUT2D eigenvalue weighted by atomic mass is 16.7. The van der Waals surface area contributed by atoms with Crippen molar-refractivity contribution < 1.29 is 29.0 Å². The summed E-state index contributed by atoms with van der Waals surface area (Å²) in [6.07, 6.45) is 0.148. The predicted octanol–water partition coefficient (Wildman–Crippen LogP) is 1.17. The Morgan fingerprint density at radius 1 is 1.37 bits per heavy atom. The van der Waals surface area contributed by atoms with Crippen LogP contribution in [-0.4, -0.2) is 61.8 Å². The minimum atomic E-state index is -1.06. The Morgan fingerprint density at radius 3 is 2.87 bits per heavy atom. The van der Waals surface area contributed by atoms with Crippen molar-refractivity contribution in [1.82, 2.24) is 0 Å². The number of nitrogens with zero attached hydrogens (tertiary/aromatic N) is 2. The summed E-state index contributed by atoms with van der Waals surface area (Å²) in [5, 5.41) is 12.7. The molecule has 6 rings (SSSR count). The predicted molar refractivity (Wildman–Crippen MR) is 107 cm³/mol. The summed E-state index contributed by atoms with van der Waals surface area (Å²) in [5.41, 5.74) is 1.79. The van der Waals surface area contributed by atoms with E-state index in [1.165, 1.54) is 25.4 Å². The van der Waals surface area contributed by atoms with Crippen LogP contribution in [0.4, 0.5) is 5.69 Å². The maximum absolute atomic E-state index is 13.6. The number of anilines is 1. The lowest BCUT2D eigenvalue weighted by Crippen LogP contribution is -2.58. The number of ether oxygens (including phenoxy) is 2. The number of allylic oxidation sites excluding steroid dienone is 1. The van der Waals surface area contributed by atoms with Gasteiger partial charge in [-0.05, 0) is 30.5 Å². The first-order chi connectivity index (χ1) is 14.4. The molecule has 1 aromatic rings. The zero-order valence-corrected chi connectivity index (χ0v) is 17.1. The molecule has 1 aromatic carbocycles. The van der Waals surface area contributed by atoms with Gasteiger partial charge in [0, 0.05) is 23.6 Å². The number of aliphatic imine (C=N–C) groups is 1. The highest BCUT2D eigenvalue weighted by Crippen LogP contribution is 2.57. The standard InChI is InChI=1S/C22H24N2O6/c1-11(8-16(25)28-2)18-17-12-10-30-20(19(17)26)22(9-14(12)23-18)13-6-4-5-7-15(13)24(29-3)21(22)27/h4-8,12,14,17,19-20,26H,9-10H2,1-3H3. The molecular formula is C22H24N2O6. The number of aliphatic hydroxyl groups excluding tert-OH is 1. The monoisotopic (exact) mass is 412 g/mol. The van der Waals surface area contributed by atoms with Crippen molar-refractivity contribution in [3.8, 4) is 0 Å². The van der Waals surface area contributed by atoms with Gasteiger partial charge in [-0.2, -0.15) is 5.06 Å². The van der Waals surface area contributed by atoms with Crippen LogP contribution in [0.1, 0.15) is 18.9 Å². The SMILES string of the molecule is COC(=O)C=C(C)C1=NC2CC3(C(=O)N(OC)c4ccccc43)C3OCC2C1C3O. The number of esters is 1. The molecule has 0 aromatic heterocycles. The zero-order valence-electron chi connectivity index (χ0n) is 17.1. The summed E-state index contributed by atoms with van der Waals surface area (Å²) in [6.45, 7) is 2.20. The Kier molecular flexibility index (Phi) is 4.36. The summed E-state index contributed by atoms with van der Waals surface area (Å²) in [4.78, 5) is 35.6. The Hall–Kier alpha value is -2.55. The number of hydrogen-bond acceptors (Lipinski definition) is 7. The van der Waals surface area contributed by atoms with E-state index >= 15 is 0 Å². The van der Waals surface area contributed by atoms with E-state index in [9.17, 15) is 14.7 Å². The largest absolute Gasteiger partial charge is 0.466 e. The minimum absolute atomic E-state index is 0.0526. The van der Waals surface area contributed by atoms with Crippen molar-refractivity contribution in [1.29, 1.82) is 0 Å². The van der Waals surface area contributed by atoms with Gasteiger partial charge in [-0.15, -0.1) is 0 Å². The molecule has 1 saturated carbocycles. The van der Waals surface area contributed by atoms with E-state index < -0.39 is 23.6 Å². The van der Waals surface area contributed by atoms with Gasteiger partial charge >= 0.3 is 5.97 Å². The van der Waals surface area contributed by atoms with E-state index in [-0.39, 0.29) is 23.8 Å². The first kappa shape index (κ1) is 19.4. The summed E-state index contributed by atoms with van der Waals surface area (Å²) in [6, 6.07) is 7.27. The van der Waals surface area contributed by atoms with E-state index in [0.29, 0.717) is 30.0 Å². The Morgan fingerprint density at radius 2 is 2.13 bits per heavy atom. The number of carbonyl (C=O) groups excluding carboxylic acids is 2. The van der Waals surface area contributed by atoms with Crippen LogP contribution in [-0.2, 0) is 29.3 Å². The van der Waals surface area contributed by atoms with Gasteiger partial charge in [-0.3, -0.25) is 14.6 Å². The number of rotatable bonds is 3. The molecule has 30 heavy (non-hydrogen) atoms. The molecule has 5 aliphatic rings. The van der Waals surface area contributed by atoms with Gasteiger partial charge < -0.3 is 14.6 Å². The maximum atomic E-state index is 13.6. The smallest absolute Gasteiger partial charge is 0.330 e. The molecule has 4 heterocycles. The van der Waals surface area contributed by atoms with Crippen molar-refractivity contribution in [2.75, 3.05) is 25.9 Å². The fraction of sp³-hybridized carbons (Fsp3) is 0.500. The number of methoxy groups -OCH3 is 1. The van der Waals surface area contributed by atoms with Crippen LogP contribution in [0.15, 0.2) is 40.9 Å². The van der Waals surface area contributed by atoms with Crippen LogP contribution < -0.4 is 5.06 Å². The Labute approximate surface area is 174 Å². The van der Waals surface area contributed by atoms with E-state index in [4.69, 9.17) is 19.3 Å². The highest BCUT2D eigenvalue weighted by Gasteiger charge is 2.67. The van der Waals surface area contributed by atoms with E-state index in [1.54, 1.807) is 6.92 Å². The number of amides is 1. The fourth-order valence-electron chi connectivity index (χ4n) is 5.77. The number of benzene rings is 1. The van der Waals surface area contributed by atoms with E-state index in [2.05, 4.69) is 0 Å². The molecule has 1 N–H and O–H groups in total. The number of fused-ring (bicyclic) bond motifs is 2. The highest BCUT2D eigenvalue weighted by molar-refractivity contribution is 6.09. The Bertz CT molecular complexity index is 988. The molecule has 4 aliphatic heterocycles. The summed E-state index contributed by atoms with van der Waals surface area (Å²) in [7, 11) is 2.79. The van der Waals surface area contributed by atoms with Crippen LogP contribution in [0.5, 0.6) is 0 Å². The molecule has 6 unspecified atom stereocenters. The molecular weight excluding hydrogens is 388 g/mol. The average Bonchev–Trinajstić information content (AvgIpc) is 3.13. The minimum Gasteiger partial charge on any atom is -0.466 e. The molecule has 8 nitrogen and oxygen atoms in total. The van der Waals surface area contributed by atoms with Gasteiger partial charge in [0.25, 0.3) is 5.91 Å². The van der Waals surface area contributed by atoms with Crippen LogP contribution in [0.3, 0.4) is 0 Å². The molecule has 2 saturated heterocycles. The normalized spacial score (nSPS) is 36.7. The first-order valence-corrected chi connectivity index (χ1v) is 10.1. The van der Waals surface area contributed by atoms with Gasteiger partial charge in [0.05, 0.1) is 38.7 Å². The second kappa shape index (κ2) is 6.73. The third kappa shape index (κ3) is 2.35. The number of hydrogen-bond donors (Lipinski definition) is 1. The number of aliphatic hydroxyl groups is 1. The van der Waals surface area contributed by atoms with Gasteiger partial charge in [-0.25, -0.2) is 4.79 Å². The number of hydroxylamine groups is 1. The molecule has 8 heteroatoms. The van der Waals surface area contributed by atoms with Crippen molar-refractivity contribution in [3.63, 3.8) is 0 Å². The van der Waals surface area contributed by atoms with Crippen molar-refractivity contribution in [3.05, 3.63) is 41.5 Å². The van der Waals surface area contributed by atoms with Gasteiger partial charge in [0.15, 0.2) is 0 Å². The van der Waals surface area contributed by atoms with Crippen molar-refractivity contribution in [2.24, 2.45) is 16.8 Å². The van der Waals surface area contributed by atoms with Gasteiger partial charge in [-0.1, -0.05) is 18.2 Å². The molecule has 0 radical (unpaired) electrons. The van der Waals surface area contributed by atoms with E-state index in [0.717, 1.165) is 5.56 Å². The van der Waals surface area contributed by atoms with Crippen LogP contribution in [0.25, 0.3) is 0 Å². The third-order valence-electron chi connectivity index (χ3n) is 7.03. The van der Waals surface area contributed by atoms with Crippen LogP contribution >= 0.6 is 0 Å². The molecule has 1 spiro atoms. The second-order valence-electron chi connectivity index (χ2n) is 8.34. The molecule has 158 valence electrons. The molecule has 1 amide bonds. The first-order valence-electron chi connectivity index (χ1n) is 10.1. The Balaban J connectivity index is 1.64. The lowest BCUT2D eigenvalue weighted by atomic mass is 9.70. The maximum Gasteiger partial charge on any atom is 0.330 e.